The average molecular weight is 164 g/mol. The molecule has 2 saturated heterocycles. The maximum atomic E-state index is 11.6. The fourth-order valence-electron chi connectivity index (χ4n) is 2.92. The lowest BCUT2D eigenvalue weighted by molar-refractivity contribution is -0.125. The topological polar surface area (TPSA) is 38.8 Å². The van der Waals surface area contributed by atoms with E-state index in [0.29, 0.717) is 5.92 Å². The molecular formula is C9H8O3. The number of hydrogen-bond acceptors (Lipinski definition) is 3. The fourth-order valence-corrected chi connectivity index (χ4v) is 2.92. The smallest absolute Gasteiger partial charge is 0.170 e. The van der Waals surface area contributed by atoms with E-state index in [1.165, 1.54) is 0 Å². The van der Waals surface area contributed by atoms with Crippen molar-refractivity contribution < 1.29 is 14.3 Å². The standard InChI is InChI=1S/C9H8O3/c10-7-5-3-1-2-4(11-3)6(5)8-9(7)12-8/h1-6,8-9H. The van der Waals surface area contributed by atoms with Gasteiger partial charge in [0.1, 0.15) is 6.10 Å². The van der Waals surface area contributed by atoms with Gasteiger partial charge in [-0.2, -0.15) is 0 Å². The molecule has 0 spiro atoms. The van der Waals surface area contributed by atoms with Crippen LogP contribution in [0.15, 0.2) is 12.2 Å². The Kier molecular flexibility index (Phi) is 0.745. The summed E-state index contributed by atoms with van der Waals surface area (Å²) in [7, 11) is 0. The van der Waals surface area contributed by atoms with Crippen molar-refractivity contribution in [3.63, 3.8) is 0 Å². The van der Waals surface area contributed by atoms with Crippen molar-refractivity contribution in [2.75, 3.05) is 0 Å². The number of rotatable bonds is 0. The van der Waals surface area contributed by atoms with Crippen LogP contribution >= 0.6 is 0 Å². The SMILES string of the molecule is O=C1C2OC2C2C3C=CC(O3)C12. The molecule has 3 aliphatic heterocycles. The van der Waals surface area contributed by atoms with Crippen molar-refractivity contribution >= 4 is 5.78 Å². The van der Waals surface area contributed by atoms with Crippen molar-refractivity contribution in [3.8, 4) is 0 Å². The van der Waals surface area contributed by atoms with E-state index in [-0.39, 0.29) is 36.1 Å². The zero-order chi connectivity index (χ0) is 7.87. The van der Waals surface area contributed by atoms with Crippen molar-refractivity contribution in [2.45, 2.75) is 24.4 Å². The van der Waals surface area contributed by atoms with Gasteiger partial charge in [-0.15, -0.1) is 0 Å². The van der Waals surface area contributed by atoms with E-state index in [0.717, 1.165) is 0 Å². The van der Waals surface area contributed by atoms with Crippen molar-refractivity contribution in [2.24, 2.45) is 11.8 Å². The highest BCUT2D eigenvalue weighted by molar-refractivity contribution is 5.93. The monoisotopic (exact) mass is 164 g/mol. The molecule has 0 amide bonds. The molecule has 4 aliphatic rings. The first-order valence-electron chi connectivity index (χ1n) is 4.39. The molecule has 1 aliphatic carbocycles. The number of carbonyl (C=O) groups is 1. The summed E-state index contributed by atoms with van der Waals surface area (Å²) in [5.41, 5.74) is 0. The molecule has 6 unspecified atom stereocenters. The van der Waals surface area contributed by atoms with E-state index in [9.17, 15) is 4.79 Å². The second kappa shape index (κ2) is 1.52. The molecule has 0 radical (unpaired) electrons. The van der Waals surface area contributed by atoms with Crippen LogP contribution in [0.4, 0.5) is 0 Å². The van der Waals surface area contributed by atoms with Crippen LogP contribution in [-0.4, -0.2) is 30.2 Å². The van der Waals surface area contributed by atoms with Gasteiger partial charge in [0.2, 0.25) is 0 Å². The third-order valence-corrected chi connectivity index (χ3v) is 3.47. The molecule has 3 heteroatoms. The molecule has 0 aromatic rings. The Bertz CT molecular complexity index is 309. The van der Waals surface area contributed by atoms with Crippen LogP contribution < -0.4 is 0 Å². The third-order valence-electron chi connectivity index (χ3n) is 3.47. The molecule has 12 heavy (non-hydrogen) atoms. The summed E-state index contributed by atoms with van der Waals surface area (Å²) >= 11 is 0. The van der Waals surface area contributed by atoms with Gasteiger partial charge < -0.3 is 9.47 Å². The fraction of sp³-hybridized carbons (Fsp3) is 0.667. The molecule has 3 fully saturated rings. The molecule has 2 bridgehead atoms. The normalized spacial score (nSPS) is 63.8. The summed E-state index contributed by atoms with van der Waals surface area (Å²) in [5.74, 6) is 0.753. The number of ketones is 1. The Morgan fingerprint density at radius 3 is 2.83 bits per heavy atom. The lowest BCUT2D eigenvalue weighted by Gasteiger charge is -2.16. The molecule has 0 aromatic heterocycles. The van der Waals surface area contributed by atoms with Gasteiger partial charge in [-0.05, 0) is 0 Å². The molecule has 4 rings (SSSR count). The Labute approximate surface area is 69.3 Å². The van der Waals surface area contributed by atoms with Crippen LogP contribution in [-0.2, 0) is 14.3 Å². The van der Waals surface area contributed by atoms with E-state index in [4.69, 9.17) is 9.47 Å². The predicted molar refractivity (Wildman–Crippen MR) is 38.4 cm³/mol. The average Bonchev–Trinajstić information content (AvgIpc) is 2.49. The molecule has 62 valence electrons. The molecule has 6 atom stereocenters. The van der Waals surface area contributed by atoms with Crippen LogP contribution in [0.25, 0.3) is 0 Å². The van der Waals surface area contributed by atoms with Gasteiger partial charge in [0.05, 0.1) is 24.2 Å². The molecule has 3 nitrogen and oxygen atoms in total. The van der Waals surface area contributed by atoms with Crippen molar-refractivity contribution in [1.82, 2.24) is 0 Å². The van der Waals surface area contributed by atoms with Gasteiger partial charge >= 0.3 is 0 Å². The lowest BCUT2D eigenvalue weighted by Crippen LogP contribution is -2.29. The lowest BCUT2D eigenvalue weighted by atomic mass is 9.85. The molecular weight excluding hydrogens is 156 g/mol. The van der Waals surface area contributed by atoms with Crippen LogP contribution in [0, 0.1) is 11.8 Å². The molecule has 1 saturated carbocycles. The van der Waals surface area contributed by atoms with Crippen molar-refractivity contribution in [1.29, 1.82) is 0 Å². The van der Waals surface area contributed by atoms with Crippen LogP contribution in [0.2, 0.25) is 0 Å². The highest BCUT2D eigenvalue weighted by Crippen LogP contribution is 2.54. The van der Waals surface area contributed by atoms with E-state index >= 15 is 0 Å². The first-order chi connectivity index (χ1) is 5.86. The second-order valence-electron chi connectivity index (χ2n) is 3.98. The van der Waals surface area contributed by atoms with E-state index in [1.54, 1.807) is 0 Å². The van der Waals surface area contributed by atoms with Crippen LogP contribution in [0.5, 0.6) is 0 Å². The Morgan fingerprint density at radius 2 is 2.00 bits per heavy atom. The summed E-state index contributed by atoms with van der Waals surface area (Å²) in [4.78, 5) is 11.6. The van der Waals surface area contributed by atoms with Crippen LogP contribution in [0.3, 0.4) is 0 Å². The first kappa shape index (κ1) is 5.89. The van der Waals surface area contributed by atoms with Gasteiger partial charge in [0, 0.05) is 5.92 Å². The quantitative estimate of drug-likeness (QED) is 0.371. The summed E-state index contributed by atoms with van der Waals surface area (Å²) in [6.07, 6.45) is 4.47. The minimum Gasteiger partial charge on any atom is -0.366 e. The third kappa shape index (κ3) is 0.441. The Morgan fingerprint density at radius 1 is 1.17 bits per heavy atom. The number of carbonyl (C=O) groups excluding carboxylic acids is 1. The van der Waals surface area contributed by atoms with Crippen LogP contribution in [0.1, 0.15) is 0 Å². The number of epoxide rings is 1. The molecule has 3 heterocycles. The molecule has 0 aromatic carbocycles. The maximum absolute atomic E-state index is 11.6. The maximum Gasteiger partial charge on any atom is 0.170 e. The highest BCUT2D eigenvalue weighted by Gasteiger charge is 2.69. The zero-order valence-corrected chi connectivity index (χ0v) is 6.34. The highest BCUT2D eigenvalue weighted by atomic mass is 16.6. The van der Waals surface area contributed by atoms with Gasteiger partial charge in [0.15, 0.2) is 5.78 Å². The minimum absolute atomic E-state index is 0.0613. The Balaban J connectivity index is 1.86. The van der Waals surface area contributed by atoms with Gasteiger partial charge in [-0.1, -0.05) is 12.2 Å². The number of hydrogen-bond donors (Lipinski definition) is 0. The van der Waals surface area contributed by atoms with E-state index < -0.39 is 0 Å². The largest absolute Gasteiger partial charge is 0.366 e. The van der Waals surface area contributed by atoms with E-state index in [2.05, 4.69) is 6.08 Å². The summed E-state index contributed by atoms with van der Waals surface area (Å²) in [6.45, 7) is 0. The number of ether oxygens (including phenoxy) is 2. The summed E-state index contributed by atoms with van der Waals surface area (Å²) in [6, 6.07) is 0. The zero-order valence-electron chi connectivity index (χ0n) is 6.34. The van der Waals surface area contributed by atoms with Gasteiger partial charge in [-0.25, -0.2) is 0 Å². The van der Waals surface area contributed by atoms with Crippen molar-refractivity contribution in [3.05, 3.63) is 12.2 Å². The first-order valence-corrected chi connectivity index (χ1v) is 4.39. The van der Waals surface area contributed by atoms with Gasteiger partial charge in [0.25, 0.3) is 0 Å². The summed E-state index contributed by atoms with van der Waals surface area (Å²) < 4.78 is 10.9. The Hall–Kier alpha value is -0.670. The second-order valence-corrected chi connectivity index (χ2v) is 3.98. The van der Waals surface area contributed by atoms with Gasteiger partial charge in [-0.3, -0.25) is 4.79 Å². The van der Waals surface area contributed by atoms with E-state index in [1.807, 2.05) is 6.08 Å². The minimum atomic E-state index is -0.0613. The summed E-state index contributed by atoms with van der Waals surface area (Å²) in [5, 5.41) is 0. The number of Topliss-reactive ketones (excluding diaryl/α,β-unsaturated/α-hetero) is 1. The predicted octanol–water partition coefficient (Wildman–Crippen LogP) is -0.0939. The number of fused-ring (bicyclic) bond motifs is 7. The molecule has 0 N–H and O–H groups in total.